The van der Waals surface area contributed by atoms with Gasteiger partial charge in [-0.3, -0.25) is 4.79 Å². The lowest BCUT2D eigenvalue weighted by atomic mass is 9.80. The van der Waals surface area contributed by atoms with E-state index < -0.39 is 0 Å². The highest BCUT2D eigenvalue weighted by molar-refractivity contribution is 5.79. The van der Waals surface area contributed by atoms with Crippen LogP contribution in [-0.4, -0.2) is 55.0 Å². The normalized spacial score (nSPS) is 18.5. The summed E-state index contributed by atoms with van der Waals surface area (Å²) in [6.07, 6.45) is 6.72. The third kappa shape index (κ3) is 10.2. The molecule has 1 amide bonds. The van der Waals surface area contributed by atoms with Gasteiger partial charge >= 0.3 is 0 Å². The highest BCUT2D eigenvalue weighted by Gasteiger charge is 2.38. The molecule has 0 bridgehead atoms. The predicted molar refractivity (Wildman–Crippen MR) is 188 cm³/mol. The van der Waals surface area contributed by atoms with Crippen LogP contribution in [0.5, 0.6) is 0 Å². The highest BCUT2D eigenvalue weighted by atomic mass is 16.5. The zero-order valence-corrected chi connectivity index (χ0v) is 29.9. The summed E-state index contributed by atoms with van der Waals surface area (Å²) in [5.74, 6) is 2.81. The largest absolute Gasteiger partial charge is 0.475 e. The number of ether oxygens (including phenoxy) is 1. The Morgan fingerprint density at radius 2 is 1.68 bits per heavy atom. The number of rotatable bonds is 20. The predicted octanol–water partition coefficient (Wildman–Crippen LogP) is 8.53. The van der Waals surface area contributed by atoms with Crippen LogP contribution in [0.3, 0.4) is 0 Å². The Labute approximate surface area is 271 Å². The van der Waals surface area contributed by atoms with Crippen LogP contribution < -0.4 is 10.6 Å². The number of likely N-dealkylation sites (tertiary alicyclic amines) is 1. The zero-order valence-electron chi connectivity index (χ0n) is 29.9. The summed E-state index contributed by atoms with van der Waals surface area (Å²) in [7, 11) is 3.94. The second kappa shape index (κ2) is 18.4. The average molecular weight is 611 g/mol. The van der Waals surface area contributed by atoms with Gasteiger partial charge in [-0.1, -0.05) is 93.4 Å². The van der Waals surface area contributed by atoms with Gasteiger partial charge in [0.25, 0.3) is 0 Å². The number of amides is 1. The summed E-state index contributed by atoms with van der Waals surface area (Å²) < 4.78 is 5.91. The van der Waals surface area contributed by atoms with Crippen molar-refractivity contribution in [3.63, 3.8) is 0 Å². The van der Waals surface area contributed by atoms with Crippen LogP contribution in [0.2, 0.25) is 0 Å². The topological polar surface area (TPSA) is 56.8 Å². The number of nitrogens with zero attached hydrogens (tertiary/aromatic N) is 2. The molecule has 2 rings (SSSR count). The molecule has 1 aliphatic rings. The SMILES string of the molecule is C=C(NC[C@H](C(=O)N(C)C(C(C)CC)C(CC)CC(=C)N1CCCC1C(CC)C(C)C)C(C)C)OCc1ccc(NC)cc1. The van der Waals surface area contributed by atoms with Gasteiger partial charge in [-0.05, 0) is 73.1 Å². The first-order valence-electron chi connectivity index (χ1n) is 17.4. The van der Waals surface area contributed by atoms with E-state index in [1.165, 1.54) is 25.0 Å². The van der Waals surface area contributed by atoms with Crippen molar-refractivity contribution in [3.05, 3.63) is 54.6 Å². The molecule has 0 spiro atoms. The number of anilines is 1. The van der Waals surface area contributed by atoms with Crippen molar-refractivity contribution in [1.82, 2.24) is 15.1 Å². The zero-order chi connectivity index (χ0) is 33.0. The maximum atomic E-state index is 14.2. The first kappa shape index (κ1) is 37.6. The van der Waals surface area contributed by atoms with Crippen LogP contribution >= 0.6 is 0 Å². The van der Waals surface area contributed by atoms with Crippen molar-refractivity contribution < 1.29 is 9.53 Å². The van der Waals surface area contributed by atoms with Crippen LogP contribution in [0.4, 0.5) is 5.69 Å². The number of nitrogens with one attached hydrogen (secondary N) is 2. The lowest BCUT2D eigenvalue weighted by Gasteiger charge is -2.42. The van der Waals surface area contributed by atoms with Gasteiger partial charge in [0.1, 0.15) is 6.61 Å². The summed E-state index contributed by atoms with van der Waals surface area (Å²) in [6, 6.07) is 8.88. The molecule has 2 N–H and O–H groups in total. The molecule has 1 saturated heterocycles. The molecular formula is C38H66N4O2. The van der Waals surface area contributed by atoms with Gasteiger partial charge in [-0.2, -0.15) is 0 Å². The number of hydrogen-bond donors (Lipinski definition) is 2. The average Bonchev–Trinajstić information content (AvgIpc) is 3.49. The van der Waals surface area contributed by atoms with Gasteiger partial charge in [0, 0.05) is 50.7 Å². The van der Waals surface area contributed by atoms with E-state index in [0.717, 1.165) is 37.1 Å². The number of benzene rings is 1. The van der Waals surface area contributed by atoms with Crippen LogP contribution in [0, 0.1) is 35.5 Å². The fourth-order valence-corrected chi connectivity index (χ4v) is 7.38. The van der Waals surface area contributed by atoms with Crippen molar-refractivity contribution >= 4 is 11.6 Å². The summed E-state index contributed by atoms with van der Waals surface area (Å²) >= 11 is 0. The van der Waals surface area contributed by atoms with Crippen LogP contribution in [0.25, 0.3) is 0 Å². The summed E-state index contributed by atoms with van der Waals surface area (Å²) in [4.78, 5) is 18.9. The van der Waals surface area contributed by atoms with E-state index in [4.69, 9.17) is 4.74 Å². The van der Waals surface area contributed by atoms with Gasteiger partial charge in [-0.15, -0.1) is 0 Å². The second-order valence-corrected chi connectivity index (χ2v) is 13.9. The van der Waals surface area contributed by atoms with E-state index in [1.54, 1.807) is 0 Å². The molecule has 1 aromatic carbocycles. The first-order chi connectivity index (χ1) is 20.9. The smallest absolute Gasteiger partial charge is 0.227 e. The molecule has 1 aromatic rings. The van der Waals surface area contributed by atoms with E-state index in [0.29, 0.717) is 48.7 Å². The van der Waals surface area contributed by atoms with Crippen molar-refractivity contribution in [2.75, 3.05) is 32.5 Å². The molecule has 0 radical (unpaired) electrons. The molecule has 0 aliphatic carbocycles. The van der Waals surface area contributed by atoms with Crippen LogP contribution in [0.15, 0.2) is 49.0 Å². The van der Waals surface area contributed by atoms with Gasteiger partial charge in [-0.25, -0.2) is 0 Å². The first-order valence-corrected chi connectivity index (χ1v) is 17.4. The van der Waals surface area contributed by atoms with Gasteiger partial charge in [0.05, 0.1) is 5.92 Å². The maximum absolute atomic E-state index is 14.2. The van der Waals surface area contributed by atoms with E-state index in [-0.39, 0.29) is 23.8 Å². The molecule has 6 atom stereocenters. The van der Waals surface area contributed by atoms with Gasteiger partial charge in [0.2, 0.25) is 5.91 Å². The molecule has 1 heterocycles. The van der Waals surface area contributed by atoms with Crippen molar-refractivity contribution in [3.8, 4) is 0 Å². The fourth-order valence-electron chi connectivity index (χ4n) is 7.38. The van der Waals surface area contributed by atoms with Crippen molar-refractivity contribution in [2.45, 2.75) is 113 Å². The molecule has 6 heteroatoms. The summed E-state index contributed by atoms with van der Waals surface area (Å²) in [5, 5.41) is 6.45. The summed E-state index contributed by atoms with van der Waals surface area (Å²) in [5.41, 5.74) is 3.40. The standard InChI is InChI=1S/C38H66N4O2/c1-13-28(8)37(32(14-2)23-29(9)42-22-16-17-36(42)34(15-3)26(4)5)41(12)38(43)35(27(6)7)24-40-30(10)44-25-31-18-20-33(39-11)21-19-31/h18-21,26-28,32,34-37,39-40H,9-10,13-17,22-25H2,1-8,11-12H3/t28?,32?,34?,35-,36?,37?/m0/s1. The van der Waals surface area contributed by atoms with Crippen molar-refractivity contribution in [2.24, 2.45) is 35.5 Å². The molecule has 1 aliphatic heterocycles. The molecular weight excluding hydrogens is 544 g/mol. The lowest BCUT2D eigenvalue weighted by molar-refractivity contribution is -0.140. The Bertz CT molecular complexity index is 1020. The Morgan fingerprint density at radius 3 is 2.20 bits per heavy atom. The molecule has 5 unspecified atom stereocenters. The monoisotopic (exact) mass is 611 g/mol. The lowest BCUT2D eigenvalue weighted by Crippen LogP contribution is -2.50. The molecule has 0 saturated carbocycles. The van der Waals surface area contributed by atoms with E-state index in [2.05, 4.69) is 89.0 Å². The highest BCUT2D eigenvalue weighted by Crippen LogP contribution is 2.37. The van der Waals surface area contributed by atoms with Gasteiger partial charge in [0.15, 0.2) is 5.88 Å². The Balaban J connectivity index is 2.11. The fraction of sp³-hybridized carbons (Fsp3) is 0.711. The third-order valence-corrected chi connectivity index (χ3v) is 10.4. The molecule has 44 heavy (non-hydrogen) atoms. The molecule has 250 valence electrons. The van der Waals surface area contributed by atoms with Crippen LogP contribution in [0.1, 0.15) is 99.5 Å². The number of carbonyl (C=O) groups excluding carboxylic acids is 1. The van der Waals surface area contributed by atoms with E-state index >= 15 is 0 Å². The second-order valence-electron chi connectivity index (χ2n) is 13.9. The molecule has 0 aromatic heterocycles. The number of carbonyl (C=O) groups is 1. The van der Waals surface area contributed by atoms with Gasteiger partial charge < -0.3 is 25.2 Å². The van der Waals surface area contributed by atoms with Crippen molar-refractivity contribution in [1.29, 1.82) is 0 Å². The maximum Gasteiger partial charge on any atom is 0.227 e. The summed E-state index contributed by atoms with van der Waals surface area (Å²) in [6.45, 7) is 29.0. The molecule has 1 fully saturated rings. The Hall–Kier alpha value is -2.63. The minimum atomic E-state index is -0.179. The van der Waals surface area contributed by atoms with E-state index in [9.17, 15) is 4.79 Å². The minimum absolute atomic E-state index is 0.156. The van der Waals surface area contributed by atoms with Crippen LogP contribution in [-0.2, 0) is 16.1 Å². The third-order valence-electron chi connectivity index (χ3n) is 10.4. The quantitative estimate of drug-likeness (QED) is 0.145. The number of allylic oxidation sites excluding steroid dienone is 1. The number of hydrogen-bond acceptors (Lipinski definition) is 5. The Morgan fingerprint density at radius 1 is 1.02 bits per heavy atom. The van der Waals surface area contributed by atoms with E-state index in [1.807, 2.05) is 38.4 Å². The Kier molecular flexibility index (Phi) is 15.7. The molecule has 6 nitrogen and oxygen atoms in total. The minimum Gasteiger partial charge on any atom is -0.475 e.